The smallest absolute Gasteiger partial charge is 0.119 e. The summed E-state index contributed by atoms with van der Waals surface area (Å²) >= 11 is 0. The molecular formula is C16H28N2O. The Hall–Kier alpha value is -1.06. The van der Waals surface area contributed by atoms with Gasteiger partial charge in [0.05, 0.1) is 6.10 Å². The van der Waals surface area contributed by atoms with E-state index in [1.807, 2.05) is 13.8 Å². The average molecular weight is 264 g/mol. The van der Waals surface area contributed by atoms with Gasteiger partial charge in [0.1, 0.15) is 5.75 Å². The molecule has 3 nitrogen and oxygen atoms in total. The van der Waals surface area contributed by atoms with Crippen LogP contribution < -0.4 is 10.5 Å². The number of likely N-dealkylation sites (N-methyl/N-ethyl adjacent to an activating group) is 1. The molecule has 0 aliphatic rings. The van der Waals surface area contributed by atoms with Crippen molar-refractivity contribution in [1.29, 1.82) is 0 Å². The summed E-state index contributed by atoms with van der Waals surface area (Å²) < 4.78 is 5.64. The molecule has 1 rings (SSSR count). The van der Waals surface area contributed by atoms with Crippen LogP contribution in [0.15, 0.2) is 24.3 Å². The fourth-order valence-electron chi connectivity index (χ4n) is 1.86. The Bertz CT molecular complexity index is 346. The summed E-state index contributed by atoms with van der Waals surface area (Å²) in [6.45, 7) is 8.27. The first kappa shape index (κ1) is 16.0. The van der Waals surface area contributed by atoms with Gasteiger partial charge in [-0.15, -0.1) is 0 Å². The van der Waals surface area contributed by atoms with E-state index in [1.54, 1.807) is 0 Å². The number of hydrogen-bond donors (Lipinski definition) is 1. The van der Waals surface area contributed by atoms with Gasteiger partial charge in [0, 0.05) is 12.6 Å². The van der Waals surface area contributed by atoms with Crippen LogP contribution in [0.2, 0.25) is 0 Å². The lowest BCUT2D eigenvalue weighted by atomic mass is 10.1. The maximum Gasteiger partial charge on any atom is 0.119 e. The highest BCUT2D eigenvalue weighted by Crippen LogP contribution is 2.14. The zero-order valence-electron chi connectivity index (χ0n) is 12.7. The predicted molar refractivity (Wildman–Crippen MR) is 81.7 cm³/mol. The summed E-state index contributed by atoms with van der Waals surface area (Å²) in [6, 6.07) is 8.69. The molecule has 1 atom stereocenters. The van der Waals surface area contributed by atoms with Crippen LogP contribution in [0.25, 0.3) is 0 Å². The molecular weight excluding hydrogens is 236 g/mol. The molecule has 0 bridgehead atoms. The largest absolute Gasteiger partial charge is 0.491 e. The third kappa shape index (κ3) is 7.19. The molecule has 0 aliphatic heterocycles. The zero-order valence-corrected chi connectivity index (χ0v) is 12.7. The molecule has 0 saturated heterocycles. The highest BCUT2D eigenvalue weighted by atomic mass is 16.5. The second kappa shape index (κ2) is 8.18. The fraction of sp³-hybridized carbons (Fsp3) is 0.625. The monoisotopic (exact) mass is 264 g/mol. The minimum Gasteiger partial charge on any atom is -0.491 e. The first-order chi connectivity index (χ1) is 8.97. The molecule has 0 amide bonds. The lowest BCUT2D eigenvalue weighted by Crippen LogP contribution is -2.27. The van der Waals surface area contributed by atoms with Crippen molar-refractivity contribution in [1.82, 2.24) is 4.90 Å². The second-order valence-corrected chi connectivity index (χ2v) is 5.63. The molecule has 0 aromatic heterocycles. The molecule has 0 saturated carbocycles. The van der Waals surface area contributed by atoms with E-state index in [-0.39, 0.29) is 12.1 Å². The molecule has 1 aromatic carbocycles. The van der Waals surface area contributed by atoms with Gasteiger partial charge in [-0.25, -0.2) is 0 Å². The number of hydrogen-bond acceptors (Lipinski definition) is 3. The average Bonchev–Trinajstić information content (AvgIpc) is 2.35. The van der Waals surface area contributed by atoms with Crippen LogP contribution in [-0.4, -0.2) is 37.2 Å². The maximum atomic E-state index is 5.76. The van der Waals surface area contributed by atoms with Gasteiger partial charge in [-0.2, -0.15) is 0 Å². The second-order valence-electron chi connectivity index (χ2n) is 5.63. The van der Waals surface area contributed by atoms with Gasteiger partial charge < -0.3 is 15.4 Å². The van der Waals surface area contributed by atoms with Gasteiger partial charge in [-0.1, -0.05) is 12.1 Å². The number of benzene rings is 1. The van der Waals surface area contributed by atoms with E-state index in [2.05, 4.69) is 43.1 Å². The van der Waals surface area contributed by atoms with E-state index < -0.39 is 0 Å². The predicted octanol–water partition coefficient (Wildman–Crippen LogP) is 2.69. The van der Waals surface area contributed by atoms with Crippen LogP contribution in [-0.2, 0) is 6.42 Å². The number of rotatable bonds is 8. The Morgan fingerprint density at radius 2 is 1.74 bits per heavy atom. The molecule has 0 fully saturated rings. The summed E-state index contributed by atoms with van der Waals surface area (Å²) in [5, 5.41) is 0. The molecule has 0 heterocycles. The fourth-order valence-corrected chi connectivity index (χ4v) is 1.86. The minimum atomic E-state index is 0.232. The molecule has 0 spiro atoms. The van der Waals surface area contributed by atoms with Crippen molar-refractivity contribution in [3.63, 3.8) is 0 Å². The van der Waals surface area contributed by atoms with Crippen molar-refractivity contribution in [3.05, 3.63) is 29.8 Å². The Morgan fingerprint density at radius 3 is 2.26 bits per heavy atom. The van der Waals surface area contributed by atoms with Gasteiger partial charge in [0.2, 0.25) is 0 Å². The van der Waals surface area contributed by atoms with Crippen LogP contribution in [0.1, 0.15) is 32.8 Å². The lowest BCUT2D eigenvalue weighted by Gasteiger charge is -2.17. The summed E-state index contributed by atoms with van der Waals surface area (Å²) in [5.74, 6) is 0.948. The third-order valence-electron chi connectivity index (χ3n) is 3.04. The number of nitrogens with zero attached hydrogens (tertiary/aromatic N) is 1. The van der Waals surface area contributed by atoms with Crippen molar-refractivity contribution in [2.75, 3.05) is 20.1 Å². The number of ether oxygens (including phenoxy) is 1. The highest BCUT2D eigenvalue weighted by molar-refractivity contribution is 5.27. The topological polar surface area (TPSA) is 38.5 Å². The Labute approximate surface area is 117 Å². The van der Waals surface area contributed by atoms with Gasteiger partial charge in [0.15, 0.2) is 0 Å². The maximum absolute atomic E-state index is 5.76. The summed E-state index contributed by atoms with van der Waals surface area (Å²) in [4.78, 5) is 2.34. The standard InChI is InChI=1S/C16H28N2O/c1-13(2)19-16-7-5-15(6-8-16)10-12-18(4)11-9-14(3)17/h5-8,13-14H,9-12,17H2,1-4H3. The zero-order chi connectivity index (χ0) is 14.3. The van der Waals surface area contributed by atoms with Gasteiger partial charge in [-0.05, 0) is 64.9 Å². The molecule has 2 N–H and O–H groups in total. The van der Waals surface area contributed by atoms with E-state index in [4.69, 9.17) is 10.5 Å². The van der Waals surface area contributed by atoms with Gasteiger partial charge in [-0.3, -0.25) is 0 Å². The quantitative estimate of drug-likeness (QED) is 0.784. The van der Waals surface area contributed by atoms with E-state index in [0.29, 0.717) is 0 Å². The van der Waals surface area contributed by atoms with Crippen molar-refractivity contribution in [2.24, 2.45) is 5.73 Å². The van der Waals surface area contributed by atoms with E-state index >= 15 is 0 Å². The van der Waals surface area contributed by atoms with E-state index in [9.17, 15) is 0 Å². The summed E-state index contributed by atoms with van der Waals surface area (Å²) in [7, 11) is 2.15. The molecule has 0 aliphatic carbocycles. The van der Waals surface area contributed by atoms with Crippen molar-refractivity contribution < 1.29 is 4.74 Å². The van der Waals surface area contributed by atoms with Crippen molar-refractivity contribution in [2.45, 2.75) is 45.8 Å². The first-order valence-corrected chi connectivity index (χ1v) is 7.17. The summed E-state index contributed by atoms with van der Waals surface area (Å²) in [6.07, 6.45) is 2.35. The molecule has 0 radical (unpaired) electrons. The molecule has 108 valence electrons. The van der Waals surface area contributed by atoms with Crippen molar-refractivity contribution in [3.8, 4) is 5.75 Å². The SMILES string of the molecule is CC(N)CCN(C)CCc1ccc(OC(C)C)cc1. The van der Waals surface area contributed by atoms with Crippen molar-refractivity contribution >= 4 is 0 Å². The Balaban J connectivity index is 2.33. The normalized spacial score (nSPS) is 13.0. The van der Waals surface area contributed by atoms with E-state index in [1.165, 1.54) is 5.56 Å². The van der Waals surface area contributed by atoms with E-state index in [0.717, 1.165) is 31.7 Å². The van der Waals surface area contributed by atoms with Crippen LogP contribution in [0.5, 0.6) is 5.75 Å². The van der Waals surface area contributed by atoms with Crippen LogP contribution >= 0.6 is 0 Å². The molecule has 1 unspecified atom stereocenters. The van der Waals surface area contributed by atoms with Crippen LogP contribution in [0, 0.1) is 0 Å². The summed E-state index contributed by atoms with van der Waals surface area (Å²) in [5.41, 5.74) is 7.11. The third-order valence-corrected chi connectivity index (χ3v) is 3.04. The molecule has 19 heavy (non-hydrogen) atoms. The molecule has 3 heteroatoms. The van der Waals surface area contributed by atoms with Gasteiger partial charge in [0.25, 0.3) is 0 Å². The Kier molecular flexibility index (Phi) is 6.89. The highest BCUT2D eigenvalue weighted by Gasteiger charge is 2.02. The lowest BCUT2D eigenvalue weighted by molar-refractivity contribution is 0.242. The van der Waals surface area contributed by atoms with Crippen LogP contribution in [0.4, 0.5) is 0 Å². The minimum absolute atomic E-state index is 0.232. The van der Waals surface area contributed by atoms with Crippen LogP contribution in [0.3, 0.4) is 0 Å². The first-order valence-electron chi connectivity index (χ1n) is 7.17. The Morgan fingerprint density at radius 1 is 1.11 bits per heavy atom. The number of nitrogens with two attached hydrogens (primary N) is 1. The van der Waals surface area contributed by atoms with Gasteiger partial charge >= 0.3 is 0 Å². The molecule has 1 aromatic rings.